The molecular formula is C17H21ClN2O3S. The van der Waals surface area contributed by atoms with Crippen LogP contribution in [0.5, 0.6) is 0 Å². The van der Waals surface area contributed by atoms with Crippen molar-refractivity contribution >= 4 is 32.4 Å². The average Bonchev–Trinajstić information content (AvgIpc) is 2.81. The molecule has 0 unspecified atom stereocenters. The van der Waals surface area contributed by atoms with E-state index < -0.39 is 10.0 Å². The first-order valence-corrected chi connectivity index (χ1v) is 9.86. The van der Waals surface area contributed by atoms with Gasteiger partial charge in [0.2, 0.25) is 10.0 Å². The Labute approximate surface area is 147 Å². The Bertz CT molecular complexity index is 826. The maximum atomic E-state index is 13.1. The van der Waals surface area contributed by atoms with Gasteiger partial charge in [0, 0.05) is 42.0 Å². The minimum absolute atomic E-state index is 0.0918. The number of β-amino-alcohol motifs (C(OH)–C–C–N with tert-alkyl or cyclic N) is 1. The molecule has 0 atom stereocenters. The van der Waals surface area contributed by atoms with Crippen molar-refractivity contribution in [2.45, 2.75) is 11.3 Å². The van der Waals surface area contributed by atoms with Crippen LogP contribution in [0.1, 0.15) is 6.42 Å². The van der Waals surface area contributed by atoms with Crippen molar-refractivity contribution in [3.05, 3.63) is 41.4 Å². The molecule has 2 aromatic rings. The summed E-state index contributed by atoms with van der Waals surface area (Å²) < 4.78 is 27.8. The molecule has 1 aliphatic rings. The van der Waals surface area contributed by atoms with E-state index in [1.807, 2.05) is 6.07 Å². The van der Waals surface area contributed by atoms with Gasteiger partial charge in [-0.3, -0.25) is 4.90 Å². The normalized spacial score (nSPS) is 17.9. The van der Waals surface area contributed by atoms with Crippen molar-refractivity contribution in [3.8, 4) is 0 Å². The fraction of sp³-hybridized carbons (Fsp3) is 0.412. The fourth-order valence-corrected chi connectivity index (χ4v) is 5.07. The Morgan fingerprint density at radius 1 is 1.00 bits per heavy atom. The van der Waals surface area contributed by atoms with E-state index in [9.17, 15) is 8.42 Å². The second-order valence-corrected chi connectivity index (χ2v) is 8.23. The van der Waals surface area contributed by atoms with Gasteiger partial charge >= 0.3 is 0 Å². The lowest BCUT2D eigenvalue weighted by molar-refractivity contribution is 0.202. The second-order valence-electron chi connectivity index (χ2n) is 5.91. The van der Waals surface area contributed by atoms with Gasteiger partial charge in [-0.1, -0.05) is 35.9 Å². The first-order valence-electron chi connectivity index (χ1n) is 8.04. The summed E-state index contributed by atoms with van der Waals surface area (Å²) >= 11 is 6.21. The molecule has 3 rings (SSSR count). The molecule has 0 aromatic heterocycles. The molecule has 5 nitrogen and oxygen atoms in total. The summed E-state index contributed by atoms with van der Waals surface area (Å²) in [4.78, 5) is 2.40. The summed E-state index contributed by atoms with van der Waals surface area (Å²) in [6.07, 6.45) is 0.755. The zero-order chi connectivity index (χ0) is 17.2. The monoisotopic (exact) mass is 368 g/mol. The van der Waals surface area contributed by atoms with Gasteiger partial charge in [0.05, 0.1) is 11.5 Å². The number of nitrogens with zero attached hydrogens (tertiary/aromatic N) is 2. The lowest BCUT2D eigenvalue weighted by Gasteiger charge is -2.22. The van der Waals surface area contributed by atoms with Crippen molar-refractivity contribution in [1.29, 1.82) is 0 Å². The Balaban J connectivity index is 1.95. The van der Waals surface area contributed by atoms with E-state index in [0.29, 0.717) is 41.5 Å². The summed E-state index contributed by atoms with van der Waals surface area (Å²) in [5, 5.41) is 11.0. The fourth-order valence-electron chi connectivity index (χ4n) is 3.16. The number of rotatable bonds is 4. The quantitative estimate of drug-likeness (QED) is 0.898. The van der Waals surface area contributed by atoms with Crippen molar-refractivity contribution in [2.24, 2.45) is 0 Å². The van der Waals surface area contributed by atoms with Crippen LogP contribution >= 0.6 is 11.6 Å². The van der Waals surface area contributed by atoms with Crippen LogP contribution in [0.4, 0.5) is 0 Å². The molecule has 0 spiro atoms. The van der Waals surface area contributed by atoms with Crippen LogP contribution < -0.4 is 0 Å². The number of benzene rings is 2. The maximum Gasteiger partial charge on any atom is 0.243 e. The second kappa shape index (κ2) is 7.37. The smallest absolute Gasteiger partial charge is 0.243 e. The maximum absolute atomic E-state index is 13.1. The average molecular weight is 369 g/mol. The van der Waals surface area contributed by atoms with E-state index in [1.54, 1.807) is 34.6 Å². The summed E-state index contributed by atoms with van der Waals surface area (Å²) in [5.41, 5.74) is 0. The summed E-state index contributed by atoms with van der Waals surface area (Å²) in [5.74, 6) is 0. The molecular weight excluding hydrogens is 348 g/mol. The van der Waals surface area contributed by atoms with Crippen LogP contribution in [-0.2, 0) is 10.0 Å². The van der Waals surface area contributed by atoms with Crippen molar-refractivity contribution in [2.75, 3.05) is 39.3 Å². The van der Waals surface area contributed by atoms with E-state index in [2.05, 4.69) is 4.90 Å². The van der Waals surface area contributed by atoms with Crippen molar-refractivity contribution in [3.63, 3.8) is 0 Å². The van der Waals surface area contributed by atoms with Gasteiger partial charge in [-0.15, -0.1) is 0 Å². The highest BCUT2D eigenvalue weighted by Gasteiger charge is 2.28. The van der Waals surface area contributed by atoms with Crippen LogP contribution in [0.2, 0.25) is 5.02 Å². The van der Waals surface area contributed by atoms with E-state index in [0.717, 1.165) is 18.4 Å². The Morgan fingerprint density at radius 3 is 2.54 bits per heavy atom. The van der Waals surface area contributed by atoms with Crippen molar-refractivity contribution < 1.29 is 13.5 Å². The zero-order valence-electron chi connectivity index (χ0n) is 13.4. The summed E-state index contributed by atoms with van der Waals surface area (Å²) in [6, 6.07) is 10.5. The van der Waals surface area contributed by atoms with Crippen LogP contribution in [0, 0.1) is 0 Å². The predicted molar refractivity (Wildman–Crippen MR) is 95.9 cm³/mol. The molecule has 0 bridgehead atoms. The molecule has 0 saturated carbocycles. The van der Waals surface area contributed by atoms with E-state index in [1.165, 1.54) is 0 Å². The number of hydrogen-bond donors (Lipinski definition) is 1. The molecule has 1 fully saturated rings. The Kier molecular flexibility index (Phi) is 5.42. The van der Waals surface area contributed by atoms with Gasteiger partial charge in [0.25, 0.3) is 0 Å². The largest absolute Gasteiger partial charge is 0.395 e. The SMILES string of the molecule is O=S(=O)(c1cccc2c(Cl)cccc12)N1CCCN(CCO)CC1. The van der Waals surface area contributed by atoms with Gasteiger partial charge in [-0.05, 0) is 25.1 Å². The minimum Gasteiger partial charge on any atom is -0.395 e. The molecule has 1 N–H and O–H groups in total. The van der Waals surface area contributed by atoms with Gasteiger partial charge in [-0.2, -0.15) is 4.31 Å². The molecule has 2 aromatic carbocycles. The molecule has 0 aliphatic carbocycles. The third-order valence-electron chi connectivity index (χ3n) is 4.41. The van der Waals surface area contributed by atoms with Crippen molar-refractivity contribution in [1.82, 2.24) is 9.21 Å². The third-order valence-corrected chi connectivity index (χ3v) is 6.70. The molecule has 0 radical (unpaired) electrons. The molecule has 1 saturated heterocycles. The summed E-state index contributed by atoms with van der Waals surface area (Å²) in [6.45, 7) is 3.02. The van der Waals surface area contributed by atoms with Gasteiger partial charge in [0.15, 0.2) is 0 Å². The molecule has 1 aliphatic heterocycles. The Morgan fingerprint density at radius 2 is 1.75 bits per heavy atom. The predicted octanol–water partition coefficient (Wildman–Crippen LogP) is 2.18. The van der Waals surface area contributed by atoms with E-state index >= 15 is 0 Å². The molecule has 130 valence electrons. The molecule has 7 heteroatoms. The molecule has 1 heterocycles. The minimum atomic E-state index is -3.58. The lowest BCUT2D eigenvalue weighted by atomic mass is 10.1. The number of sulfonamides is 1. The molecule has 24 heavy (non-hydrogen) atoms. The number of aliphatic hydroxyl groups is 1. The first kappa shape index (κ1) is 17.6. The van der Waals surface area contributed by atoms with E-state index in [4.69, 9.17) is 16.7 Å². The standard InChI is InChI=1S/C17H21ClN2O3S/c18-16-6-1-5-15-14(16)4-2-7-17(15)24(22,23)20-9-3-8-19(10-11-20)12-13-21/h1-2,4-7,21H,3,8-13H2. The summed E-state index contributed by atoms with van der Waals surface area (Å²) in [7, 11) is -3.58. The van der Waals surface area contributed by atoms with Crippen LogP contribution in [-0.4, -0.2) is 62.1 Å². The Hall–Kier alpha value is -1.18. The number of fused-ring (bicyclic) bond motifs is 1. The van der Waals surface area contributed by atoms with Crippen LogP contribution in [0.15, 0.2) is 41.3 Å². The number of hydrogen-bond acceptors (Lipinski definition) is 4. The van der Waals surface area contributed by atoms with Gasteiger partial charge < -0.3 is 5.11 Å². The van der Waals surface area contributed by atoms with Gasteiger partial charge in [0.1, 0.15) is 0 Å². The highest BCUT2D eigenvalue weighted by molar-refractivity contribution is 7.89. The topological polar surface area (TPSA) is 60.9 Å². The highest BCUT2D eigenvalue weighted by atomic mass is 35.5. The van der Waals surface area contributed by atoms with Gasteiger partial charge in [-0.25, -0.2) is 8.42 Å². The third kappa shape index (κ3) is 3.43. The number of halogens is 1. The van der Waals surface area contributed by atoms with Crippen LogP contribution in [0.25, 0.3) is 10.8 Å². The van der Waals surface area contributed by atoms with E-state index in [-0.39, 0.29) is 6.61 Å². The highest BCUT2D eigenvalue weighted by Crippen LogP contribution is 2.30. The molecule has 0 amide bonds. The zero-order valence-corrected chi connectivity index (χ0v) is 14.9. The first-order chi connectivity index (χ1) is 11.5. The lowest BCUT2D eigenvalue weighted by Crippen LogP contribution is -2.36. The number of aliphatic hydroxyl groups excluding tert-OH is 1. The van der Waals surface area contributed by atoms with Crippen LogP contribution in [0.3, 0.4) is 0 Å².